The molecule has 18 heavy (non-hydrogen) atoms. The van der Waals surface area contributed by atoms with Crippen LogP contribution in [0.15, 0.2) is 22.7 Å². The predicted octanol–water partition coefficient (Wildman–Crippen LogP) is 2.55. The SMILES string of the molecule is OC(CSc1n[nH]c(-c2cccs2)n1)C(F)(F)F. The van der Waals surface area contributed by atoms with Crippen LogP contribution in [-0.2, 0) is 0 Å². The van der Waals surface area contributed by atoms with Crippen LogP contribution in [0.3, 0.4) is 0 Å². The molecule has 4 nitrogen and oxygen atoms in total. The van der Waals surface area contributed by atoms with Gasteiger partial charge >= 0.3 is 6.18 Å². The maximum Gasteiger partial charge on any atom is 0.415 e. The molecule has 2 heterocycles. The predicted molar refractivity (Wildman–Crippen MR) is 62.5 cm³/mol. The Hall–Kier alpha value is -1.06. The number of hydrogen-bond donors (Lipinski definition) is 2. The number of nitrogens with one attached hydrogen (secondary N) is 1. The molecular formula is C9H8F3N3OS2. The van der Waals surface area contributed by atoms with Crippen molar-refractivity contribution < 1.29 is 18.3 Å². The first-order valence-corrected chi connectivity index (χ1v) is 6.67. The molecule has 0 saturated heterocycles. The third-order valence-electron chi connectivity index (χ3n) is 1.97. The van der Waals surface area contributed by atoms with E-state index in [0.29, 0.717) is 5.82 Å². The molecule has 0 saturated carbocycles. The number of H-pyrrole nitrogens is 1. The first-order valence-electron chi connectivity index (χ1n) is 4.80. The van der Waals surface area contributed by atoms with Crippen LogP contribution in [0.1, 0.15) is 0 Å². The second-order valence-corrected chi connectivity index (χ2v) is 5.25. The zero-order valence-corrected chi connectivity index (χ0v) is 10.4. The lowest BCUT2D eigenvalue weighted by molar-refractivity contribution is -0.195. The van der Waals surface area contributed by atoms with Crippen LogP contribution in [0, 0.1) is 0 Å². The van der Waals surface area contributed by atoms with Crippen molar-refractivity contribution in [1.82, 2.24) is 15.2 Å². The number of alkyl halides is 3. The van der Waals surface area contributed by atoms with Crippen molar-refractivity contribution in [1.29, 1.82) is 0 Å². The third-order valence-corrected chi connectivity index (χ3v) is 3.77. The van der Waals surface area contributed by atoms with E-state index in [4.69, 9.17) is 5.11 Å². The zero-order valence-electron chi connectivity index (χ0n) is 8.81. The molecule has 2 rings (SSSR count). The minimum Gasteiger partial charge on any atom is -0.383 e. The minimum absolute atomic E-state index is 0.182. The third kappa shape index (κ3) is 3.24. The van der Waals surface area contributed by atoms with Gasteiger partial charge in [0.1, 0.15) is 0 Å². The Labute approximate surface area is 108 Å². The van der Waals surface area contributed by atoms with Crippen LogP contribution in [0.25, 0.3) is 10.7 Å². The second kappa shape index (κ2) is 5.29. The van der Waals surface area contributed by atoms with Crippen LogP contribution in [0.5, 0.6) is 0 Å². The molecule has 2 N–H and O–H groups in total. The monoisotopic (exact) mass is 295 g/mol. The van der Waals surface area contributed by atoms with Crippen LogP contribution >= 0.6 is 23.1 Å². The molecule has 9 heteroatoms. The van der Waals surface area contributed by atoms with Gasteiger partial charge in [0, 0.05) is 5.75 Å². The first-order chi connectivity index (χ1) is 8.47. The van der Waals surface area contributed by atoms with Gasteiger partial charge in [-0.2, -0.15) is 13.2 Å². The van der Waals surface area contributed by atoms with Gasteiger partial charge in [0.15, 0.2) is 11.9 Å². The van der Waals surface area contributed by atoms with E-state index in [9.17, 15) is 13.2 Å². The highest BCUT2D eigenvalue weighted by molar-refractivity contribution is 7.99. The minimum atomic E-state index is -4.61. The number of aromatic nitrogens is 3. The number of rotatable bonds is 4. The van der Waals surface area contributed by atoms with Gasteiger partial charge in [0.05, 0.1) is 4.88 Å². The highest BCUT2D eigenvalue weighted by atomic mass is 32.2. The van der Waals surface area contributed by atoms with Gasteiger partial charge in [0.2, 0.25) is 5.16 Å². The quantitative estimate of drug-likeness (QED) is 0.851. The van der Waals surface area contributed by atoms with Crippen molar-refractivity contribution in [2.75, 3.05) is 5.75 Å². The Balaban J connectivity index is 1.96. The number of hydrogen-bond acceptors (Lipinski definition) is 5. The van der Waals surface area contributed by atoms with Gasteiger partial charge in [-0.15, -0.1) is 16.4 Å². The Morgan fingerprint density at radius 2 is 2.28 bits per heavy atom. The number of aliphatic hydroxyl groups excluding tert-OH is 1. The molecule has 0 amide bonds. The van der Waals surface area contributed by atoms with E-state index in [-0.39, 0.29) is 5.16 Å². The van der Waals surface area contributed by atoms with Gasteiger partial charge < -0.3 is 5.11 Å². The summed E-state index contributed by atoms with van der Waals surface area (Å²) < 4.78 is 36.2. The highest BCUT2D eigenvalue weighted by Gasteiger charge is 2.38. The molecule has 1 atom stereocenters. The average molecular weight is 295 g/mol. The summed E-state index contributed by atoms with van der Waals surface area (Å²) >= 11 is 2.20. The maximum absolute atomic E-state index is 12.1. The van der Waals surface area contributed by atoms with Crippen LogP contribution in [0.4, 0.5) is 13.2 Å². The lowest BCUT2D eigenvalue weighted by Crippen LogP contribution is -2.30. The summed E-state index contributed by atoms with van der Waals surface area (Å²) in [6, 6.07) is 3.66. The normalized spacial score (nSPS) is 13.8. The number of aliphatic hydroxyl groups is 1. The van der Waals surface area contributed by atoms with E-state index >= 15 is 0 Å². The largest absolute Gasteiger partial charge is 0.415 e. The summed E-state index contributed by atoms with van der Waals surface area (Å²) in [4.78, 5) is 4.89. The van der Waals surface area contributed by atoms with Crippen LogP contribution < -0.4 is 0 Å². The topological polar surface area (TPSA) is 61.8 Å². The number of aromatic amines is 1. The maximum atomic E-state index is 12.1. The molecule has 0 aromatic carbocycles. The van der Waals surface area contributed by atoms with E-state index in [1.54, 1.807) is 0 Å². The number of nitrogens with zero attached hydrogens (tertiary/aromatic N) is 2. The van der Waals surface area contributed by atoms with Crippen molar-refractivity contribution in [3.05, 3.63) is 17.5 Å². The molecule has 0 aliphatic heterocycles. The van der Waals surface area contributed by atoms with Gasteiger partial charge in [-0.1, -0.05) is 17.8 Å². The lowest BCUT2D eigenvalue weighted by Gasteiger charge is -2.12. The summed E-state index contributed by atoms with van der Waals surface area (Å²) in [5.74, 6) is -0.0143. The lowest BCUT2D eigenvalue weighted by atomic mass is 10.4. The average Bonchev–Trinajstić information content (AvgIpc) is 2.94. The van der Waals surface area contributed by atoms with E-state index < -0.39 is 18.0 Å². The molecule has 0 fully saturated rings. The van der Waals surface area contributed by atoms with E-state index in [1.165, 1.54) is 11.3 Å². The molecule has 0 aliphatic carbocycles. The molecule has 0 bridgehead atoms. The summed E-state index contributed by atoms with van der Waals surface area (Å²) in [5, 5.41) is 17.3. The van der Waals surface area contributed by atoms with Crippen molar-refractivity contribution in [2.24, 2.45) is 0 Å². The van der Waals surface area contributed by atoms with Crippen molar-refractivity contribution in [2.45, 2.75) is 17.4 Å². The fourth-order valence-electron chi connectivity index (χ4n) is 1.08. The summed E-state index contributed by atoms with van der Waals surface area (Å²) in [7, 11) is 0. The zero-order chi connectivity index (χ0) is 13.2. The van der Waals surface area contributed by atoms with Crippen LogP contribution in [-0.4, -0.2) is 38.3 Å². The van der Waals surface area contributed by atoms with Crippen LogP contribution in [0.2, 0.25) is 0 Å². The van der Waals surface area contributed by atoms with Gasteiger partial charge in [-0.25, -0.2) is 4.98 Å². The standard InChI is InChI=1S/C9H8F3N3OS2/c10-9(11,12)6(16)4-18-8-13-7(14-15-8)5-2-1-3-17-5/h1-3,6,16H,4H2,(H,13,14,15). The smallest absolute Gasteiger partial charge is 0.383 e. The molecule has 2 aromatic rings. The van der Waals surface area contributed by atoms with Crippen molar-refractivity contribution in [3.8, 4) is 10.7 Å². The van der Waals surface area contributed by atoms with E-state index in [0.717, 1.165) is 16.6 Å². The molecule has 2 aromatic heterocycles. The summed E-state index contributed by atoms with van der Waals surface area (Å²) in [6.07, 6.45) is -6.98. The van der Waals surface area contributed by atoms with Gasteiger partial charge in [-0.05, 0) is 11.4 Å². The Morgan fingerprint density at radius 3 is 2.89 bits per heavy atom. The fraction of sp³-hybridized carbons (Fsp3) is 0.333. The van der Waals surface area contributed by atoms with Gasteiger partial charge in [0.25, 0.3) is 0 Å². The first kappa shape index (κ1) is 13.4. The number of thioether (sulfide) groups is 1. The molecule has 0 radical (unpaired) electrons. The number of thiophene rings is 1. The van der Waals surface area contributed by atoms with E-state index in [1.807, 2.05) is 17.5 Å². The molecule has 0 spiro atoms. The van der Waals surface area contributed by atoms with Gasteiger partial charge in [-0.3, -0.25) is 5.10 Å². The number of halogens is 3. The molecule has 0 aliphatic rings. The van der Waals surface area contributed by atoms with Crippen molar-refractivity contribution >= 4 is 23.1 Å². The van der Waals surface area contributed by atoms with Crippen molar-refractivity contribution in [3.63, 3.8) is 0 Å². The summed E-state index contributed by atoms with van der Waals surface area (Å²) in [5.41, 5.74) is 0. The molecule has 1 unspecified atom stereocenters. The fourth-order valence-corrected chi connectivity index (χ4v) is 2.51. The second-order valence-electron chi connectivity index (χ2n) is 3.31. The Kier molecular flexibility index (Phi) is 3.93. The Morgan fingerprint density at radius 1 is 1.50 bits per heavy atom. The molecule has 98 valence electrons. The van der Waals surface area contributed by atoms with E-state index in [2.05, 4.69) is 15.2 Å². The summed E-state index contributed by atoms with van der Waals surface area (Å²) in [6.45, 7) is 0. The highest BCUT2D eigenvalue weighted by Crippen LogP contribution is 2.27. The Bertz CT molecular complexity index is 497. The molecular weight excluding hydrogens is 287 g/mol.